The summed E-state index contributed by atoms with van der Waals surface area (Å²) in [7, 11) is 0. The Bertz CT molecular complexity index is 447. The molecule has 4 nitrogen and oxygen atoms in total. The highest BCUT2D eigenvalue weighted by molar-refractivity contribution is 6.28. The summed E-state index contributed by atoms with van der Waals surface area (Å²) in [5.41, 5.74) is 1.46. The Labute approximate surface area is 99.0 Å². The first-order valence-electron chi connectivity index (χ1n) is 5.04. The van der Waals surface area contributed by atoms with E-state index in [4.69, 9.17) is 11.6 Å². The molecule has 16 heavy (non-hydrogen) atoms. The molecule has 1 aliphatic rings. The zero-order valence-electron chi connectivity index (χ0n) is 8.98. The van der Waals surface area contributed by atoms with Gasteiger partial charge < -0.3 is 4.90 Å². The number of hydrogen-bond donors (Lipinski definition) is 0. The highest BCUT2D eigenvalue weighted by atomic mass is 35.5. The lowest BCUT2D eigenvalue weighted by Gasteiger charge is -2.17. The van der Waals surface area contributed by atoms with Crippen molar-refractivity contribution in [2.75, 3.05) is 11.4 Å². The number of hydrogen-bond acceptors (Lipinski definition) is 3. The van der Waals surface area contributed by atoms with E-state index in [1.807, 2.05) is 13.0 Å². The van der Waals surface area contributed by atoms with Gasteiger partial charge in [0.15, 0.2) is 0 Å². The van der Waals surface area contributed by atoms with Gasteiger partial charge in [0.2, 0.25) is 11.2 Å². The van der Waals surface area contributed by atoms with Gasteiger partial charge >= 0.3 is 0 Å². The molecule has 1 fully saturated rings. The predicted octanol–water partition coefficient (Wildman–Crippen LogP) is 1.98. The molecule has 0 aromatic carbocycles. The topological polar surface area (TPSA) is 46.1 Å². The van der Waals surface area contributed by atoms with Crippen LogP contribution in [0.3, 0.4) is 0 Å². The summed E-state index contributed by atoms with van der Waals surface area (Å²) in [4.78, 5) is 21.4. The molecule has 1 unspecified atom stereocenters. The molecule has 5 heteroatoms. The van der Waals surface area contributed by atoms with Crippen LogP contribution in [0.15, 0.2) is 18.9 Å². The molecular weight excluding hydrogens is 226 g/mol. The van der Waals surface area contributed by atoms with Crippen LogP contribution in [0.2, 0.25) is 5.28 Å². The first-order chi connectivity index (χ1) is 7.61. The fourth-order valence-corrected chi connectivity index (χ4v) is 2.00. The number of aryl methyl sites for hydroxylation is 1. The summed E-state index contributed by atoms with van der Waals surface area (Å²) < 4.78 is 0. The zero-order valence-corrected chi connectivity index (χ0v) is 9.74. The van der Waals surface area contributed by atoms with Crippen LogP contribution >= 0.6 is 11.6 Å². The molecule has 0 N–H and O–H groups in total. The highest BCUT2D eigenvalue weighted by Gasteiger charge is 2.30. The number of anilines is 1. The second-order valence-corrected chi connectivity index (χ2v) is 4.15. The standard InChI is InChI=1S/C11H12ClN3O/c1-3-8-4-10(16)15(6-8)9-5-13-11(12)14-7(9)2/h3,5,8H,1,4,6H2,2H3. The minimum absolute atomic E-state index is 0.0823. The molecule has 1 atom stereocenters. The fourth-order valence-electron chi connectivity index (χ4n) is 1.82. The molecule has 0 radical (unpaired) electrons. The molecule has 0 saturated carbocycles. The molecule has 84 valence electrons. The van der Waals surface area contributed by atoms with Crippen LogP contribution in [0.4, 0.5) is 5.69 Å². The molecule has 1 amide bonds. The van der Waals surface area contributed by atoms with Crippen molar-refractivity contribution in [2.45, 2.75) is 13.3 Å². The monoisotopic (exact) mass is 237 g/mol. The Balaban J connectivity index is 2.31. The highest BCUT2D eigenvalue weighted by Crippen LogP contribution is 2.27. The third-order valence-electron chi connectivity index (χ3n) is 2.70. The Morgan fingerprint density at radius 2 is 2.44 bits per heavy atom. The van der Waals surface area contributed by atoms with Gasteiger partial charge in [-0.2, -0.15) is 0 Å². The number of carbonyl (C=O) groups is 1. The Morgan fingerprint density at radius 1 is 1.69 bits per heavy atom. The average Bonchev–Trinajstić information content (AvgIpc) is 2.60. The smallest absolute Gasteiger partial charge is 0.227 e. The van der Waals surface area contributed by atoms with Crippen molar-refractivity contribution in [2.24, 2.45) is 5.92 Å². The number of aromatic nitrogens is 2. The van der Waals surface area contributed by atoms with Crippen LogP contribution in [0.25, 0.3) is 0 Å². The SMILES string of the molecule is C=CC1CC(=O)N(c2cnc(Cl)nc2C)C1. The second kappa shape index (κ2) is 4.22. The van der Waals surface area contributed by atoms with E-state index in [0.29, 0.717) is 13.0 Å². The van der Waals surface area contributed by atoms with Gasteiger partial charge in [-0.1, -0.05) is 6.08 Å². The molecule has 2 rings (SSSR count). The lowest BCUT2D eigenvalue weighted by atomic mass is 10.1. The van der Waals surface area contributed by atoms with E-state index >= 15 is 0 Å². The van der Waals surface area contributed by atoms with Crippen molar-refractivity contribution in [3.8, 4) is 0 Å². The second-order valence-electron chi connectivity index (χ2n) is 3.81. The summed E-state index contributed by atoms with van der Waals surface area (Å²) in [6.45, 7) is 6.17. The third-order valence-corrected chi connectivity index (χ3v) is 2.89. The van der Waals surface area contributed by atoms with Crippen molar-refractivity contribution in [1.29, 1.82) is 0 Å². The van der Waals surface area contributed by atoms with E-state index in [1.54, 1.807) is 11.1 Å². The maximum atomic E-state index is 11.8. The molecule has 1 aromatic rings. The minimum Gasteiger partial charge on any atom is -0.309 e. The number of rotatable bonds is 2. The van der Waals surface area contributed by atoms with E-state index in [2.05, 4.69) is 16.5 Å². The predicted molar refractivity (Wildman–Crippen MR) is 62.4 cm³/mol. The average molecular weight is 238 g/mol. The number of halogens is 1. The summed E-state index contributed by atoms with van der Waals surface area (Å²) in [6.07, 6.45) is 3.91. The molecule has 2 heterocycles. The zero-order chi connectivity index (χ0) is 11.7. The van der Waals surface area contributed by atoms with Crippen molar-refractivity contribution < 1.29 is 4.79 Å². The van der Waals surface area contributed by atoms with Crippen LogP contribution in [0.1, 0.15) is 12.1 Å². The summed E-state index contributed by atoms with van der Waals surface area (Å²) >= 11 is 5.67. The van der Waals surface area contributed by atoms with Crippen LogP contribution in [-0.4, -0.2) is 22.4 Å². The first kappa shape index (κ1) is 11.1. The van der Waals surface area contributed by atoms with Crippen LogP contribution in [0.5, 0.6) is 0 Å². The van der Waals surface area contributed by atoms with E-state index in [9.17, 15) is 4.79 Å². The van der Waals surface area contributed by atoms with Crippen LogP contribution < -0.4 is 4.90 Å². The minimum atomic E-state index is 0.0823. The van der Waals surface area contributed by atoms with Crippen molar-refractivity contribution in [3.63, 3.8) is 0 Å². The van der Waals surface area contributed by atoms with E-state index in [0.717, 1.165) is 11.4 Å². The normalized spacial score (nSPS) is 20.2. The molecule has 1 aromatic heterocycles. The third kappa shape index (κ3) is 1.93. The van der Waals surface area contributed by atoms with Gasteiger partial charge in [-0.25, -0.2) is 9.97 Å². The van der Waals surface area contributed by atoms with Gasteiger partial charge in [0.1, 0.15) is 0 Å². The number of nitrogens with zero attached hydrogens (tertiary/aromatic N) is 3. The van der Waals surface area contributed by atoms with Crippen LogP contribution in [-0.2, 0) is 4.79 Å². The molecule has 0 spiro atoms. The Kier molecular flexibility index (Phi) is 2.92. The molecule has 1 saturated heterocycles. The molecule has 1 aliphatic heterocycles. The maximum absolute atomic E-state index is 11.8. The maximum Gasteiger partial charge on any atom is 0.227 e. The lowest BCUT2D eigenvalue weighted by Crippen LogP contribution is -2.25. The molecular formula is C11H12ClN3O. The van der Waals surface area contributed by atoms with Gasteiger partial charge in [-0.3, -0.25) is 4.79 Å². The van der Waals surface area contributed by atoms with E-state index in [1.165, 1.54) is 0 Å². The van der Waals surface area contributed by atoms with Crippen molar-refractivity contribution in [1.82, 2.24) is 9.97 Å². The Morgan fingerprint density at radius 3 is 3.00 bits per heavy atom. The number of carbonyl (C=O) groups excluding carboxylic acids is 1. The van der Waals surface area contributed by atoms with Gasteiger partial charge in [-0.05, 0) is 18.5 Å². The quantitative estimate of drug-likeness (QED) is 0.584. The van der Waals surface area contributed by atoms with Gasteiger partial charge in [-0.15, -0.1) is 6.58 Å². The van der Waals surface area contributed by atoms with Crippen molar-refractivity contribution >= 4 is 23.2 Å². The van der Waals surface area contributed by atoms with Crippen molar-refractivity contribution in [3.05, 3.63) is 29.8 Å². The lowest BCUT2D eigenvalue weighted by molar-refractivity contribution is -0.117. The largest absolute Gasteiger partial charge is 0.309 e. The number of amides is 1. The molecule has 0 bridgehead atoms. The fraction of sp³-hybridized carbons (Fsp3) is 0.364. The van der Waals surface area contributed by atoms with Gasteiger partial charge in [0.05, 0.1) is 17.6 Å². The molecule has 0 aliphatic carbocycles. The van der Waals surface area contributed by atoms with Gasteiger partial charge in [0, 0.05) is 18.9 Å². The van der Waals surface area contributed by atoms with E-state index < -0.39 is 0 Å². The van der Waals surface area contributed by atoms with Crippen LogP contribution in [0, 0.1) is 12.8 Å². The van der Waals surface area contributed by atoms with E-state index in [-0.39, 0.29) is 17.1 Å². The summed E-state index contributed by atoms with van der Waals surface area (Å²) in [6, 6.07) is 0. The van der Waals surface area contributed by atoms with Gasteiger partial charge in [0.25, 0.3) is 0 Å². The Hall–Kier alpha value is -1.42. The summed E-state index contributed by atoms with van der Waals surface area (Å²) in [5, 5.41) is 0.202. The first-order valence-corrected chi connectivity index (χ1v) is 5.41. The summed E-state index contributed by atoms with van der Waals surface area (Å²) in [5.74, 6) is 0.293.